The molecule has 0 unspecified atom stereocenters. The number of sulfonamides is 1. The van der Waals surface area contributed by atoms with E-state index in [2.05, 4.69) is 5.32 Å². The number of rotatable bonds is 8. The highest BCUT2D eigenvalue weighted by atomic mass is 32.2. The van der Waals surface area contributed by atoms with Crippen LogP contribution in [0.25, 0.3) is 0 Å². The van der Waals surface area contributed by atoms with Gasteiger partial charge in [0.15, 0.2) is 0 Å². The number of aryl methyl sites for hydroxylation is 3. The molecule has 1 aliphatic heterocycles. The molecule has 1 saturated heterocycles. The predicted octanol–water partition coefficient (Wildman–Crippen LogP) is 2.22. The van der Waals surface area contributed by atoms with Crippen LogP contribution in [0.4, 0.5) is 0 Å². The molecule has 0 radical (unpaired) electrons. The van der Waals surface area contributed by atoms with Crippen molar-refractivity contribution in [1.29, 1.82) is 0 Å². The van der Waals surface area contributed by atoms with Crippen LogP contribution in [0, 0.1) is 20.8 Å². The zero-order valence-electron chi connectivity index (χ0n) is 17.0. The molecule has 0 aromatic heterocycles. The van der Waals surface area contributed by atoms with Crippen LogP contribution < -0.4 is 5.32 Å². The second kappa shape index (κ2) is 9.66. The molecule has 1 aromatic carbocycles. The first kappa shape index (κ1) is 21.9. The second-order valence-corrected chi connectivity index (χ2v) is 9.25. The largest absolute Gasteiger partial charge is 0.340 e. The van der Waals surface area contributed by atoms with E-state index in [4.69, 9.17) is 0 Å². The van der Waals surface area contributed by atoms with Crippen molar-refractivity contribution in [3.05, 3.63) is 28.8 Å². The Labute approximate surface area is 164 Å². The molecule has 0 atom stereocenters. The van der Waals surface area contributed by atoms with Crippen LogP contribution in [-0.2, 0) is 14.8 Å². The Morgan fingerprint density at radius 3 is 2.33 bits per heavy atom. The Kier molecular flexibility index (Phi) is 7.82. The van der Waals surface area contributed by atoms with E-state index in [0.717, 1.165) is 42.6 Å². The van der Waals surface area contributed by atoms with Gasteiger partial charge in [0.2, 0.25) is 15.9 Å². The molecule has 152 valence electrons. The highest BCUT2D eigenvalue weighted by Crippen LogP contribution is 2.24. The van der Waals surface area contributed by atoms with Gasteiger partial charge in [0, 0.05) is 45.7 Å². The molecule has 0 aliphatic carbocycles. The molecule has 6 nitrogen and oxygen atoms in total. The van der Waals surface area contributed by atoms with E-state index in [1.54, 1.807) is 6.07 Å². The van der Waals surface area contributed by atoms with Crippen molar-refractivity contribution in [1.82, 2.24) is 14.5 Å². The maximum Gasteiger partial charge on any atom is 0.243 e. The van der Waals surface area contributed by atoms with Crippen LogP contribution in [0.3, 0.4) is 0 Å². The summed E-state index contributed by atoms with van der Waals surface area (Å²) in [6.07, 6.45) is 1.92. The van der Waals surface area contributed by atoms with E-state index in [9.17, 15) is 13.2 Å². The molecule has 1 fully saturated rings. The SMILES string of the molecule is CCCCN(CCC(=O)N1CCNCC1)S(=O)(=O)c1cc(C)c(C)cc1C. The van der Waals surface area contributed by atoms with Crippen molar-refractivity contribution < 1.29 is 13.2 Å². The quantitative estimate of drug-likeness (QED) is 0.733. The van der Waals surface area contributed by atoms with Gasteiger partial charge in [-0.2, -0.15) is 4.31 Å². The predicted molar refractivity (Wildman–Crippen MR) is 108 cm³/mol. The summed E-state index contributed by atoms with van der Waals surface area (Å²) in [7, 11) is -3.62. The molecule has 0 bridgehead atoms. The first-order chi connectivity index (χ1) is 12.8. The summed E-state index contributed by atoms with van der Waals surface area (Å²) in [6.45, 7) is 11.4. The Hall–Kier alpha value is -1.44. The minimum absolute atomic E-state index is 0.0324. The molecule has 0 spiro atoms. The number of hydrogen-bond donors (Lipinski definition) is 1. The summed E-state index contributed by atoms with van der Waals surface area (Å²) in [5.74, 6) is 0.0324. The third-order valence-corrected chi connectivity index (χ3v) is 7.26. The van der Waals surface area contributed by atoms with Crippen molar-refractivity contribution in [3.63, 3.8) is 0 Å². The smallest absolute Gasteiger partial charge is 0.243 e. The lowest BCUT2D eigenvalue weighted by molar-refractivity contribution is -0.131. The summed E-state index contributed by atoms with van der Waals surface area (Å²) in [4.78, 5) is 14.7. The molecule has 1 aromatic rings. The summed E-state index contributed by atoms with van der Waals surface area (Å²) in [5, 5.41) is 3.22. The van der Waals surface area contributed by atoms with Crippen molar-refractivity contribution in [2.75, 3.05) is 39.3 Å². The molecule has 7 heteroatoms. The lowest BCUT2D eigenvalue weighted by Crippen LogP contribution is -2.47. The van der Waals surface area contributed by atoms with Gasteiger partial charge in [-0.3, -0.25) is 4.79 Å². The molecule has 1 heterocycles. The Morgan fingerprint density at radius 2 is 1.70 bits per heavy atom. The number of piperazine rings is 1. The number of nitrogens with zero attached hydrogens (tertiary/aromatic N) is 2. The third-order valence-electron chi connectivity index (χ3n) is 5.21. The molecule has 0 saturated carbocycles. The fraction of sp³-hybridized carbons (Fsp3) is 0.650. The average Bonchev–Trinajstić information content (AvgIpc) is 2.64. The average molecular weight is 396 g/mol. The van der Waals surface area contributed by atoms with E-state index in [1.807, 2.05) is 38.7 Å². The van der Waals surface area contributed by atoms with Crippen LogP contribution in [0.15, 0.2) is 17.0 Å². The van der Waals surface area contributed by atoms with Crippen molar-refractivity contribution in [3.8, 4) is 0 Å². The van der Waals surface area contributed by atoms with E-state index < -0.39 is 10.0 Å². The molecule has 2 rings (SSSR count). The van der Waals surface area contributed by atoms with E-state index in [1.165, 1.54) is 4.31 Å². The Morgan fingerprint density at radius 1 is 1.07 bits per heavy atom. The molecule has 1 N–H and O–H groups in total. The number of carbonyl (C=O) groups is 1. The second-order valence-electron chi connectivity index (χ2n) is 7.34. The Bertz CT molecular complexity index is 756. The van der Waals surface area contributed by atoms with E-state index in [-0.39, 0.29) is 18.9 Å². The first-order valence-electron chi connectivity index (χ1n) is 9.84. The lowest BCUT2D eigenvalue weighted by atomic mass is 10.1. The third kappa shape index (κ3) is 5.53. The number of amides is 1. The van der Waals surface area contributed by atoms with E-state index >= 15 is 0 Å². The van der Waals surface area contributed by atoms with Gasteiger partial charge in [0.25, 0.3) is 0 Å². The van der Waals surface area contributed by atoms with Crippen LogP contribution in [0.1, 0.15) is 42.9 Å². The highest BCUT2D eigenvalue weighted by Gasteiger charge is 2.27. The minimum Gasteiger partial charge on any atom is -0.340 e. The molecule has 27 heavy (non-hydrogen) atoms. The zero-order valence-corrected chi connectivity index (χ0v) is 17.9. The van der Waals surface area contributed by atoms with Crippen molar-refractivity contribution >= 4 is 15.9 Å². The first-order valence-corrected chi connectivity index (χ1v) is 11.3. The van der Waals surface area contributed by atoms with Gasteiger partial charge >= 0.3 is 0 Å². The molecule has 1 aliphatic rings. The number of nitrogens with one attached hydrogen (secondary N) is 1. The monoisotopic (exact) mass is 395 g/mol. The van der Waals surface area contributed by atoms with Gasteiger partial charge in [-0.25, -0.2) is 8.42 Å². The van der Waals surface area contributed by atoms with Gasteiger partial charge in [-0.15, -0.1) is 0 Å². The fourth-order valence-electron chi connectivity index (χ4n) is 3.33. The van der Waals surface area contributed by atoms with Gasteiger partial charge in [0.1, 0.15) is 0 Å². The summed E-state index contributed by atoms with van der Waals surface area (Å²) < 4.78 is 28.1. The van der Waals surface area contributed by atoms with Crippen LogP contribution in [0.2, 0.25) is 0 Å². The molecular formula is C20H33N3O3S. The maximum atomic E-state index is 13.3. The number of hydrogen-bond acceptors (Lipinski definition) is 4. The van der Waals surface area contributed by atoms with E-state index in [0.29, 0.717) is 24.5 Å². The van der Waals surface area contributed by atoms with Gasteiger partial charge < -0.3 is 10.2 Å². The Balaban J connectivity index is 2.18. The highest BCUT2D eigenvalue weighted by molar-refractivity contribution is 7.89. The maximum absolute atomic E-state index is 13.3. The molecular weight excluding hydrogens is 362 g/mol. The standard InChI is InChI=1S/C20H33N3O3S/c1-5-6-10-23(11-7-20(24)22-12-8-21-9-13-22)27(25,26)19-15-17(3)16(2)14-18(19)4/h14-15,21H,5-13H2,1-4H3. The lowest BCUT2D eigenvalue weighted by Gasteiger charge is -2.29. The molecule has 1 amide bonds. The van der Waals surface area contributed by atoms with Gasteiger partial charge in [0.05, 0.1) is 4.90 Å². The summed E-state index contributed by atoms with van der Waals surface area (Å²) >= 11 is 0. The number of carbonyl (C=O) groups excluding carboxylic acids is 1. The van der Waals surface area contributed by atoms with Crippen molar-refractivity contribution in [2.24, 2.45) is 0 Å². The van der Waals surface area contributed by atoms with Gasteiger partial charge in [-0.05, 0) is 49.9 Å². The normalized spacial score (nSPS) is 15.4. The van der Waals surface area contributed by atoms with Crippen LogP contribution in [0.5, 0.6) is 0 Å². The zero-order chi connectivity index (χ0) is 20.0. The fourth-order valence-corrected chi connectivity index (χ4v) is 5.10. The van der Waals surface area contributed by atoms with Gasteiger partial charge in [-0.1, -0.05) is 19.4 Å². The van der Waals surface area contributed by atoms with Crippen LogP contribution >= 0.6 is 0 Å². The summed E-state index contributed by atoms with van der Waals surface area (Å²) in [5.41, 5.74) is 2.81. The van der Waals surface area contributed by atoms with Crippen LogP contribution in [-0.4, -0.2) is 62.8 Å². The topological polar surface area (TPSA) is 69.7 Å². The number of unbranched alkanes of at least 4 members (excludes halogenated alkanes) is 1. The number of benzene rings is 1. The minimum atomic E-state index is -3.62. The summed E-state index contributed by atoms with van der Waals surface area (Å²) in [6, 6.07) is 3.68. The van der Waals surface area contributed by atoms with Crippen molar-refractivity contribution in [2.45, 2.75) is 51.9 Å².